The summed E-state index contributed by atoms with van der Waals surface area (Å²) >= 11 is 1.76. The number of hydrogen-bond acceptors (Lipinski definition) is 3. The van der Waals surface area contributed by atoms with Gasteiger partial charge in [-0.25, -0.2) is 0 Å². The number of benzene rings is 1. The molecule has 1 aromatic carbocycles. The zero-order valence-corrected chi connectivity index (χ0v) is 12.3. The van der Waals surface area contributed by atoms with Crippen molar-refractivity contribution >= 4 is 17.7 Å². The molecule has 1 rings (SSSR count). The van der Waals surface area contributed by atoms with Gasteiger partial charge in [0.2, 0.25) is 5.91 Å². The van der Waals surface area contributed by atoms with Gasteiger partial charge in [-0.2, -0.15) is 11.8 Å². The lowest BCUT2D eigenvalue weighted by Gasteiger charge is -2.05. The van der Waals surface area contributed by atoms with Gasteiger partial charge in [-0.15, -0.1) is 0 Å². The van der Waals surface area contributed by atoms with Crippen LogP contribution in [-0.2, 0) is 11.2 Å². The summed E-state index contributed by atoms with van der Waals surface area (Å²) in [6, 6.07) is 8.30. The highest BCUT2D eigenvalue weighted by molar-refractivity contribution is 7.99. The number of amides is 1. The number of aryl methyl sites for hydroxylation is 2. The topological polar surface area (TPSA) is 49.3 Å². The summed E-state index contributed by atoms with van der Waals surface area (Å²) in [7, 11) is 0. The van der Waals surface area contributed by atoms with Crippen LogP contribution in [-0.4, -0.2) is 35.7 Å². The molecule has 0 unspecified atom stereocenters. The SMILES string of the molecule is Cc1ccc(CCC(=O)NCCSCCCO)cc1. The van der Waals surface area contributed by atoms with E-state index in [1.165, 1.54) is 11.1 Å². The zero-order chi connectivity index (χ0) is 13.9. The number of aliphatic hydroxyl groups excluding tert-OH is 1. The summed E-state index contributed by atoms with van der Waals surface area (Å²) in [4.78, 5) is 11.6. The molecule has 2 N–H and O–H groups in total. The Balaban J connectivity index is 2.06. The first kappa shape index (κ1) is 16.1. The molecule has 0 bridgehead atoms. The number of carbonyl (C=O) groups is 1. The molecule has 3 nitrogen and oxygen atoms in total. The third kappa shape index (κ3) is 7.90. The first-order valence-electron chi connectivity index (χ1n) is 6.73. The largest absolute Gasteiger partial charge is 0.396 e. The van der Waals surface area contributed by atoms with E-state index in [0.717, 1.165) is 24.3 Å². The average molecular weight is 281 g/mol. The van der Waals surface area contributed by atoms with Gasteiger partial charge in [0.15, 0.2) is 0 Å². The second-order valence-electron chi connectivity index (χ2n) is 4.53. The lowest BCUT2D eigenvalue weighted by Crippen LogP contribution is -2.26. The molecule has 0 fully saturated rings. The molecule has 0 heterocycles. The summed E-state index contributed by atoms with van der Waals surface area (Å²) < 4.78 is 0. The Morgan fingerprint density at radius 3 is 2.68 bits per heavy atom. The van der Waals surface area contributed by atoms with Crippen LogP contribution in [0.15, 0.2) is 24.3 Å². The predicted molar refractivity (Wildman–Crippen MR) is 81.5 cm³/mol. The minimum Gasteiger partial charge on any atom is -0.396 e. The van der Waals surface area contributed by atoms with Crippen LogP contribution in [0.2, 0.25) is 0 Å². The van der Waals surface area contributed by atoms with Gasteiger partial charge < -0.3 is 10.4 Å². The van der Waals surface area contributed by atoms with E-state index in [1.807, 2.05) is 0 Å². The van der Waals surface area contributed by atoms with Crippen molar-refractivity contribution in [3.8, 4) is 0 Å². The first-order chi connectivity index (χ1) is 9.22. The minimum absolute atomic E-state index is 0.114. The van der Waals surface area contributed by atoms with Gasteiger partial charge in [-0.3, -0.25) is 4.79 Å². The van der Waals surface area contributed by atoms with Crippen LogP contribution in [0.4, 0.5) is 0 Å². The van der Waals surface area contributed by atoms with E-state index in [4.69, 9.17) is 5.11 Å². The van der Waals surface area contributed by atoms with E-state index in [0.29, 0.717) is 13.0 Å². The highest BCUT2D eigenvalue weighted by atomic mass is 32.2. The summed E-state index contributed by atoms with van der Waals surface area (Å²) in [5, 5.41) is 11.5. The van der Waals surface area contributed by atoms with Crippen molar-refractivity contribution in [2.24, 2.45) is 0 Å². The fourth-order valence-electron chi connectivity index (χ4n) is 1.63. The molecule has 0 atom stereocenters. The lowest BCUT2D eigenvalue weighted by atomic mass is 10.1. The Morgan fingerprint density at radius 2 is 2.00 bits per heavy atom. The van der Waals surface area contributed by atoms with Crippen LogP contribution in [0.25, 0.3) is 0 Å². The van der Waals surface area contributed by atoms with Crippen LogP contribution >= 0.6 is 11.8 Å². The highest BCUT2D eigenvalue weighted by Crippen LogP contribution is 2.05. The predicted octanol–water partition coefficient (Wildman–Crippen LogP) is 2.16. The molecular formula is C15H23NO2S. The Kier molecular flexibility index (Phi) is 8.34. The molecule has 0 aliphatic rings. The quantitative estimate of drug-likeness (QED) is 0.682. The average Bonchev–Trinajstić information content (AvgIpc) is 2.42. The summed E-state index contributed by atoms with van der Waals surface area (Å²) in [6.45, 7) is 3.02. The van der Waals surface area contributed by atoms with Gasteiger partial charge in [0.05, 0.1) is 0 Å². The van der Waals surface area contributed by atoms with Crippen molar-refractivity contribution < 1.29 is 9.90 Å². The number of thioether (sulfide) groups is 1. The summed E-state index contributed by atoms with van der Waals surface area (Å²) in [6.07, 6.45) is 2.17. The molecule has 1 aromatic rings. The monoisotopic (exact) mass is 281 g/mol. The Hall–Kier alpha value is -1.00. The molecular weight excluding hydrogens is 258 g/mol. The Morgan fingerprint density at radius 1 is 1.26 bits per heavy atom. The molecule has 4 heteroatoms. The maximum atomic E-state index is 11.6. The number of rotatable bonds is 9. The molecule has 19 heavy (non-hydrogen) atoms. The number of hydrogen-bond donors (Lipinski definition) is 2. The van der Waals surface area contributed by atoms with Gasteiger partial charge in [-0.1, -0.05) is 29.8 Å². The van der Waals surface area contributed by atoms with E-state index in [2.05, 4.69) is 36.5 Å². The molecule has 0 aliphatic carbocycles. The highest BCUT2D eigenvalue weighted by Gasteiger charge is 2.01. The maximum absolute atomic E-state index is 11.6. The third-order valence-corrected chi connectivity index (χ3v) is 3.85. The number of carbonyl (C=O) groups excluding carboxylic acids is 1. The van der Waals surface area contributed by atoms with E-state index in [1.54, 1.807) is 11.8 Å². The smallest absolute Gasteiger partial charge is 0.220 e. The van der Waals surface area contributed by atoms with E-state index in [9.17, 15) is 4.79 Å². The van der Waals surface area contributed by atoms with Gasteiger partial charge in [0, 0.05) is 25.3 Å². The Bertz CT molecular complexity index is 365. The summed E-state index contributed by atoms with van der Waals surface area (Å²) in [5.74, 6) is 1.98. The molecule has 0 spiro atoms. The zero-order valence-electron chi connectivity index (χ0n) is 11.5. The lowest BCUT2D eigenvalue weighted by molar-refractivity contribution is -0.120. The van der Waals surface area contributed by atoms with Crippen LogP contribution in [0, 0.1) is 6.92 Å². The van der Waals surface area contributed by atoms with Crippen LogP contribution in [0.3, 0.4) is 0 Å². The standard InChI is InChI=1S/C15H23NO2S/c1-13-3-5-14(6-4-13)7-8-15(18)16-9-12-19-11-2-10-17/h3-6,17H,2,7-12H2,1H3,(H,16,18). The van der Waals surface area contributed by atoms with Crippen molar-refractivity contribution in [2.75, 3.05) is 24.7 Å². The fourth-order valence-corrected chi connectivity index (χ4v) is 2.42. The normalized spacial score (nSPS) is 10.4. The van der Waals surface area contributed by atoms with Crippen LogP contribution in [0.5, 0.6) is 0 Å². The van der Waals surface area contributed by atoms with Crippen molar-refractivity contribution in [1.82, 2.24) is 5.32 Å². The van der Waals surface area contributed by atoms with Crippen molar-refractivity contribution in [1.29, 1.82) is 0 Å². The molecule has 0 aromatic heterocycles. The minimum atomic E-state index is 0.114. The van der Waals surface area contributed by atoms with Crippen LogP contribution < -0.4 is 5.32 Å². The van der Waals surface area contributed by atoms with Gasteiger partial charge >= 0.3 is 0 Å². The van der Waals surface area contributed by atoms with Gasteiger partial charge in [-0.05, 0) is 31.1 Å². The van der Waals surface area contributed by atoms with Crippen molar-refractivity contribution in [3.05, 3.63) is 35.4 Å². The Labute approximate surface area is 119 Å². The maximum Gasteiger partial charge on any atom is 0.220 e. The van der Waals surface area contributed by atoms with Gasteiger partial charge in [0.25, 0.3) is 0 Å². The van der Waals surface area contributed by atoms with E-state index < -0.39 is 0 Å². The third-order valence-electron chi connectivity index (χ3n) is 2.78. The van der Waals surface area contributed by atoms with Crippen molar-refractivity contribution in [2.45, 2.75) is 26.2 Å². The molecule has 0 aliphatic heterocycles. The molecule has 1 amide bonds. The van der Waals surface area contributed by atoms with Gasteiger partial charge in [0.1, 0.15) is 0 Å². The first-order valence-corrected chi connectivity index (χ1v) is 7.88. The molecule has 0 radical (unpaired) electrons. The molecule has 0 saturated carbocycles. The van der Waals surface area contributed by atoms with Crippen molar-refractivity contribution in [3.63, 3.8) is 0 Å². The number of nitrogens with one attached hydrogen (secondary N) is 1. The van der Waals surface area contributed by atoms with E-state index >= 15 is 0 Å². The molecule has 0 saturated heterocycles. The van der Waals surface area contributed by atoms with Crippen LogP contribution in [0.1, 0.15) is 24.0 Å². The second-order valence-corrected chi connectivity index (χ2v) is 5.75. The summed E-state index contributed by atoms with van der Waals surface area (Å²) in [5.41, 5.74) is 2.45. The fraction of sp³-hybridized carbons (Fsp3) is 0.533. The second kappa shape index (κ2) is 9.87. The van der Waals surface area contributed by atoms with E-state index in [-0.39, 0.29) is 12.5 Å². The number of aliphatic hydroxyl groups is 1. The molecule has 106 valence electrons.